The molecule has 0 bridgehead atoms. The van der Waals surface area contributed by atoms with Crippen LogP contribution in [0.15, 0.2) is 24.3 Å². The Bertz CT molecular complexity index is 513. The molecule has 2 aliphatic heterocycles. The number of rotatable bonds is 3. The van der Waals surface area contributed by atoms with Gasteiger partial charge in [-0.25, -0.2) is 0 Å². The average Bonchev–Trinajstić information content (AvgIpc) is 2.80. The number of para-hydroxylation sites is 1. The van der Waals surface area contributed by atoms with Gasteiger partial charge in [0.15, 0.2) is 0 Å². The second kappa shape index (κ2) is 5.09. The van der Waals surface area contributed by atoms with Gasteiger partial charge in [0, 0.05) is 37.0 Å². The summed E-state index contributed by atoms with van der Waals surface area (Å²) in [6.45, 7) is 5.06. The van der Waals surface area contributed by atoms with Crippen molar-refractivity contribution in [2.75, 3.05) is 6.54 Å². The number of fused-ring (bicyclic) bond motifs is 1. The lowest BCUT2D eigenvalue weighted by molar-refractivity contribution is -0.119. The van der Waals surface area contributed by atoms with Crippen LogP contribution in [0, 0.1) is 0 Å². The van der Waals surface area contributed by atoms with Gasteiger partial charge in [-0.1, -0.05) is 18.2 Å². The summed E-state index contributed by atoms with van der Waals surface area (Å²) < 4.78 is 6.03. The molecule has 108 valence electrons. The fourth-order valence-corrected chi connectivity index (χ4v) is 3.10. The van der Waals surface area contributed by atoms with Crippen LogP contribution >= 0.6 is 0 Å². The lowest BCUT2D eigenvalue weighted by Gasteiger charge is -2.38. The highest BCUT2D eigenvalue weighted by Crippen LogP contribution is 2.39. The standard InChI is InChI=1S/C16H22N2O2/c1-16(2)9-13(12-5-3-4-6-14(12)20-16)17-10-11-7-8-15(19)18-11/h3-6,11,13,17H,7-10H2,1-2H3,(H,18,19). The maximum atomic E-state index is 11.2. The van der Waals surface area contributed by atoms with Crippen molar-refractivity contribution < 1.29 is 9.53 Å². The maximum absolute atomic E-state index is 11.2. The molecule has 1 saturated heterocycles. The Morgan fingerprint density at radius 3 is 2.95 bits per heavy atom. The normalized spacial score (nSPS) is 27.6. The van der Waals surface area contributed by atoms with Gasteiger partial charge in [-0.05, 0) is 26.3 Å². The first-order chi connectivity index (χ1) is 9.53. The number of amides is 1. The number of hydrogen-bond donors (Lipinski definition) is 2. The third-order valence-electron chi connectivity index (χ3n) is 4.07. The van der Waals surface area contributed by atoms with Crippen molar-refractivity contribution in [2.45, 2.75) is 50.8 Å². The fraction of sp³-hybridized carbons (Fsp3) is 0.562. The lowest BCUT2D eigenvalue weighted by Crippen LogP contribution is -2.43. The van der Waals surface area contributed by atoms with Crippen LogP contribution in [0.25, 0.3) is 0 Å². The van der Waals surface area contributed by atoms with E-state index >= 15 is 0 Å². The first-order valence-corrected chi connectivity index (χ1v) is 7.34. The van der Waals surface area contributed by atoms with E-state index in [1.165, 1.54) is 5.56 Å². The molecule has 2 atom stereocenters. The minimum atomic E-state index is -0.162. The van der Waals surface area contributed by atoms with Crippen molar-refractivity contribution >= 4 is 5.91 Å². The van der Waals surface area contributed by atoms with E-state index in [1.807, 2.05) is 18.2 Å². The molecule has 1 amide bonds. The van der Waals surface area contributed by atoms with Gasteiger partial charge in [-0.15, -0.1) is 0 Å². The van der Waals surface area contributed by atoms with Crippen LogP contribution in [0.3, 0.4) is 0 Å². The van der Waals surface area contributed by atoms with Crippen molar-refractivity contribution in [3.8, 4) is 5.75 Å². The Hall–Kier alpha value is -1.55. The summed E-state index contributed by atoms with van der Waals surface area (Å²) in [5, 5.41) is 6.61. The Morgan fingerprint density at radius 2 is 2.20 bits per heavy atom. The maximum Gasteiger partial charge on any atom is 0.220 e. The number of carbonyl (C=O) groups excluding carboxylic acids is 1. The van der Waals surface area contributed by atoms with E-state index < -0.39 is 0 Å². The van der Waals surface area contributed by atoms with Crippen LogP contribution in [-0.2, 0) is 4.79 Å². The zero-order chi connectivity index (χ0) is 14.2. The van der Waals surface area contributed by atoms with Crippen LogP contribution in [0.5, 0.6) is 5.75 Å². The topological polar surface area (TPSA) is 50.4 Å². The molecule has 0 spiro atoms. The molecule has 1 aromatic carbocycles. The van der Waals surface area contributed by atoms with Crippen LogP contribution in [-0.4, -0.2) is 24.1 Å². The quantitative estimate of drug-likeness (QED) is 0.888. The van der Waals surface area contributed by atoms with Gasteiger partial charge < -0.3 is 15.4 Å². The van der Waals surface area contributed by atoms with Crippen LogP contribution < -0.4 is 15.4 Å². The average molecular weight is 274 g/mol. The highest BCUT2D eigenvalue weighted by Gasteiger charge is 2.33. The molecule has 3 rings (SSSR count). The van der Waals surface area contributed by atoms with Crippen LogP contribution in [0.4, 0.5) is 0 Å². The molecular weight excluding hydrogens is 252 g/mol. The predicted octanol–water partition coefficient (Wildman–Crippen LogP) is 2.16. The van der Waals surface area contributed by atoms with E-state index in [1.54, 1.807) is 0 Å². The molecule has 1 aromatic rings. The molecule has 20 heavy (non-hydrogen) atoms. The SMILES string of the molecule is CC1(C)CC(NCC2CCC(=O)N2)c2ccccc2O1. The lowest BCUT2D eigenvalue weighted by atomic mass is 9.89. The highest BCUT2D eigenvalue weighted by atomic mass is 16.5. The molecule has 2 heterocycles. The second-order valence-corrected chi connectivity index (χ2v) is 6.37. The van der Waals surface area contributed by atoms with E-state index in [4.69, 9.17) is 4.74 Å². The molecule has 0 radical (unpaired) electrons. The monoisotopic (exact) mass is 274 g/mol. The van der Waals surface area contributed by atoms with Crippen molar-refractivity contribution in [1.82, 2.24) is 10.6 Å². The summed E-state index contributed by atoms with van der Waals surface area (Å²) in [5.74, 6) is 1.14. The van der Waals surface area contributed by atoms with E-state index in [0.29, 0.717) is 6.42 Å². The molecule has 2 N–H and O–H groups in total. The molecule has 0 saturated carbocycles. The van der Waals surface area contributed by atoms with Crippen molar-refractivity contribution in [2.24, 2.45) is 0 Å². The van der Waals surface area contributed by atoms with Crippen LogP contribution in [0.1, 0.15) is 44.7 Å². The molecule has 1 fully saturated rings. The Labute approximate surface area is 119 Å². The van der Waals surface area contributed by atoms with E-state index in [9.17, 15) is 4.79 Å². The molecule has 2 aliphatic rings. The van der Waals surface area contributed by atoms with E-state index in [-0.39, 0.29) is 23.6 Å². The smallest absolute Gasteiger partial charge is 0.220 e. The minimum Gasteiger partial charge on any atom is -0.487 e. The fourth-order valence-electron chi connectivity index (χ4n) is 3.10. The van der Waals surface area contributed by atoms with Gasteiger partial charge in [0.2, 0.25) is 5.91 Å². The Balaban J connectivity index is 1.70. The third-order valence-corrected chi connectivity index (χ3v) is 4.07. The van der Waals surface area contributed by atoms with Gasteiger partial charge in [0.1, 0.15) is 11.4 Å². The number of benzene rings is 1. The molecule has 2 unspecified atom stereocenters. The summed E-state index contributed by atoms with van der Waals surface area (Å²) in [4.78, 5) is 11.2. The molecule has 4 nitrogen and oxygen atoms in total. The van der Waals surface area contributed by atoms with Gasteiger partial charge >= 0.3 is 0 Å². The first kappa shape index (κ1) is 13.4. The second-order valence-electron chi connectivity index (χ2n) is 6.37. The molecule has 4 heteroatoms. The molecule has 0 aliphatic carbocycles. The first-order valence-electron chi connectivity index (χ1n) is 7.34. The van der Waals surface area contributed by atoms with E-state index in [0.717, 1.165) is 25.1 Å². The third kappa shape index (κ3) is 2.80. The van der Waals surface area contributed by atoms with E-state index in [2.05, 4.69) is 30.5 Å². The number of hydrogen-bond acceptors (Lipinski definition) is 3. The Morgan fingerprint density at radius 1 is 1.40 bits per heavy atom. The summed E-state index contributed by atoms with van der Waals surface area (Å²) in [5.41, 5.74) is 1.06. The molecular formula is C16H22N2O2. The molecule has 0 aromatic heterocycles. The predicted molar refractivity (Wildman–Crippen MR) is 77.7 cm³/mol. The van der Waals surface area contributed by atoms with Crippen molar-refractivity contribution in [3.63, 3.8) is 0 Å². The summed E-state index contributed by atoms with van der Waals surface area (Å²) in [6, 6.07) is 8.76. The number of ether oxygens (including phenoxy) is 1. The van der Waals surface area contributed by atoms with Crippen molar-refractivity contribution in [3.05, 3.63) is 29.8 Å². The van der Waals surface area contributed by atoms with Gasteiger partial charge in [0.05, 0.1) is 0 Å². The van der Waals surface area contributed by atoms with Gasteiger partial charge in [-0.2, -0.15) is 0 Å². The minimum absolute atomic E-state index is 0.162. The Kier molecular flexibility index (Phi) is 3.42. The summed E-state index contributed by atoms with van der Waals surface area (Å²) in [7, 11) is 0. The van der Waals surface area contributed by atoms with Gasteiger partial charge in [0.25, 0.3) is 0 Å². The number of nitrogens with one attached hydrogen (secondary N) is 2. The summed E-state index contributed by atoms with van der Waals surface area (Å²) in [6.07, 6.45) is 2.52. The number of carbonyl (C=O) groups is 1. The highest BCUT2D eigenvalue weighted by molar-refractivity contribution is 5.78. The zero-order valence-electron chi connectivity index (χ0n) is 12.1. The van der Waals surface area contributed by atoms with Gasteiger partial charge in [-0.3, -0.25) is 4.79 Å². The zero-order valence-corrected chi connectivity index (χ0v) is 12.1. The van der Waals surface area contributed by atoms with Crippen LogP contribution in [0.2, 0.25) is 0 Å². The van der Waals surface area contributed by atoms with Crippen molar-refractivity contribution in [1.29, 1.82) is 0 Å². The largest absolute Gasteiger partial charge is 0.487 e. The summed E-state index contributed by atoms with van der Waals surface area (Å²) >= 11 is 0.